The zero-order chi connectivity index (χ0) is 16.1. The molecule has 0 heterocycles. The Morgan fingerprint density at radius 1 is 1.32 bits per heavy atom. The summed E-state index contributed by atoms with van der Waals surface area (Å²) < 4.78 is 10.9. The van der Waals surface area contributed by atoms with Crippen LogP contribution in [0.2, 0.25) is 5.02 Å². The van der Waals surface area contributed by atoms with Gasteiger partial charge in [0, 0.05) is 23.7 Å². The number of benzene rings is 1. The number of halogens is 2. The highest BCUT2D eigenvalue weighted by Crippen LogP contribution is 2.35. The predicted octanol–water partition coefficient (Wildman–Crippen LogP) is 4.48. The van der Waals surface area contributed by atoms with E-state index in [4.69, 9.17) is 32.7 Å². The van der Waals surface area contributed by atoms with Crippen molar-refractivity contribution in [1.29, 1.82) is 0 Å². The van der Waals surface area contributed by atoms with Crippen molar-refractivity contribution < 1.29 is 14.3 Å². The van der Waals surface area contributed by atoms with Gasteiger partial charge >= 0.3 is 5.97 Å². The molecule has 22 heavy (non-hydrogen) atoms. The molecule has 0 N–H and O–H groups in total. The molecular formula is C17H22Cl2O3. The molecule has 3 atom stereocenters. The van der Waals surface area contributed by atoms with Crippen LogP contribution in [0.5, 0.6) is 5.75 Å². The number of rotatable bonds is 6. The summed E-state index contributed by atoms with van der Waals surface area (Å²) in [4.78, 5) is 10.8. The molecule has 0 bridgehead atoms. The van der Waals surface area contributed by atoms with Crippen molar-refractivity contribution in [3.05, 3.63) is 28.8 Å². The Morgan fingerprint density at radius 3 is 2.73 bits per heavy atom. The Hall–Kier alpha value is -0.930. The van der Waals surface area contributed by atoms with Crippen molar-refractivity contribution in [3.63, 3.8) is 0 Å². The van der Waals surface area contributed by atoms with E-state index in [2.05, 4.69) is 6.92 Å². The number of ether oxygens (including phenoxy) is 2. The van der Waals surface area contributed by atoms with Crippen LogP contribution in [0.4, 0.5) is 0 Å². The first-order chi connectivity index (χ1) is 10.5. The topological polar surface area (TPSA) is 35.5 Å². The van der Waals surface area contributed by atoms with Crippen molar-refractivity contribution in [2.24, 2.45) is 11.8 Å². The van der Waals surface area contributed by atoms with Gasteiger partial charge in [-0.2, -0.15) is 0 Å². The van der Waals surface area contributed by atoms with Gasteiger partial charge in [-0.05, 0) is 48.4 Å². The molecule has 1 aromatic carbocycles. The van der Waals surface area contributed by atoms with E-state index >= 15 is 0 Å². The molecule has 0 aromatic heterocycles. The van der Waals surface area contributed by atoms with Crippen LogP contribution in [0.1, 0.15) is 32.3 Å². The van der Waals surface area contributed by atoms with E-state index in [1.807, 2.05) is 18.2 Å². The highest BCUT2D eigenvalue weighted by Gasteiger charge is 2.31. The fourth-order valence-electron chi connectivity index (χ4n) is 2.79. The number of hydrogen-bond acceptors (Lipinski definition) is 3. The minimum Gasteiger partial charge on any atom is -0.493 e. The molecule has 0 aliphatic heterocycles. The third-order valence-corrected chi connectivity index (χ3v) is 5.05. The van der Waals surface area contributed by atoms with Gasteiger partial charge in [0.05, 0.1) is 13.2 Å². The summed E-state index contributed by atoms with van der Waals surface area (Å²) in [5.41, 5.74) is 0.999. The predicted molar refractivity (Wildman–Crippen MR) is 88.8 cm³/mol. The number of hydrogen-bond donors (Lipinski definition) is 0. The lowest BCUT2D eigenvalue weighted by Crippen LogP contribution is -2.18. The Bertz CT molecular complexity index is 519. The molecule has 2 rings (SSSR count). The minimum atomic E-state index is -0.274. The van der Waals surface area contributed by atoms with Crippen LogP contribution >= 0.6 is 23.2 Å². The molecular weight excluding hydrogens is 323 g/mol. The van der Waals surface area contributed by atoms with Gasteiger partial charge in [-0.15, -0.1) is 11.6 Å². The standard InChI is InChI=1S/C17H22Cl2O3/c1-11-14(3-4-17(11)19)10-22-16-8-13(7-15(18)9-16)5-6-21-12(2)20/h7-9,11,14,17H,3-6,10H2,1-2H3. The van der Waals surface area contributed by atoms with Crippen LogP contribution in [-0.2, 0) is 16.0 Å². The average Bonchev–Trinajstić information content (AvgIpc) is 2.76. The molecule has 3 nitrogen and oxygen atoms in total. The SMILES string of the molecule is CC(=O)OCCc1cc(Cl)cc(OCC2CCC(Cl)C2C)c1. The second-order valence-electron chi connectivity index (χ2n) is 5.91. The second-order valence-corrected chi connectivity index (χ2v) is 6.91. The highest BCUT2D eigenvalue weighted by atomic mass is 35.5. The van der Waals surface area contributed by atoms with E-state index in [-0.39, 0.29) is 11.3 Å². The first-order valence-corrected chi connectivity index (χ1v) is 8.47. The van der Waals surface area contributed by atoms with Crippen molar-refractivity contribution in [2.45, 2.75) is 38.5 Å². The summed E-state index contributed by atoms with van der Waals surface area (Å²) in [6.45, 7) is 4.59. The fourth-order valence-corrected chi connectivity index (χ4v) is 3.37. The van der Waals surface area contributed by atoms with E-state index in [1.54, 1.807) is 0 Å². The van der Waals surface area contributed by atoms with Crippen LogP contribution in [0.3, 0.4) is 0 Å². The van der Waals surface area contributed by atoms with Crippen molar-refractivity contribution in [2.75, 3.05) is 13.2 Å². The quantitative estimate of drug-likeness (QED) is 0.563. The molecule has 5 heteroatoms. The average molecular weight is 345 g/mol. The number of carbonyl (C=O) groups is 1. The largest absolute Gasteiger partial charge is 0.493 e. The van der Waals surface area contributed by atoms with E-state index < -0.39 is 0 Å². The minimum absolute atomic E-state index is 0.257. The number of carbonyl (C=O) groups excluding carboxylic acids is 1. The lowest BCUT2D eigenvalue weighted by Gasteiger charge is -2.18. The highest BCUT2D eigenvalue weighted by molar-refractivity contribution is 6.30. The molecule has 1 aliphatic carbocycles. The normalized spacial score (nSPS) is 24.3. The fraction of sp³-hybridized carbons (Fsp3) is 0.588. The zero-order valence-electron chi connectivity index (χ0n) is 13.0. The molecule has 3 unspecified atom stereocenters. The van der Waals surface area contributed by atoms with Gasteiger partial charge < -0.3 is 9.47 Å². The van der Waals surface area contributed by atoms with Crippen molar-refractivity contribution in [1.82, 2.24) is 0 Å². The van der Waals surface area contributed by atoms with Gasteiger partial charge in [0.25, 0.3) is 0 Å². The van der Waals surface area contributed by atoms with Gasteiger partial charge in [0.2, 0.25) is 0 Å². The summed E-state index contributed by atoms with van der Waals surface area (Å²) in [5.74, 6) is 1.45. The third-order valence-electron chi connectivity index (χ3n) is 4.22. The summed E-state index contributed by atoms with van der Waals surface area (Å²) in [6.07, 6.45) is 2.79. The third kappa shape index (κ3) is 5.06. The van der Waals surface area contributed by atoms with Crippen LogP contribution in [0.25, 0.3) is 0 Å². The number of esters is 1. The molecule has 0 amide bonds. The summed E-state index contributed by atoms with van der Waals surface area (Å²) >= 11 is 12.4. The van der Waals surface area contributed by atoms with Gasteiger partial charge in [-0.3, -0.25) is 4.79 Å². The van der Waals surface area contributed by atoms with E-state index in [0.29, 0.717) is 36.5 Å². The molecule has 1 aliphatic rings. The lowest BCUT2D eigenvalue weighted by molar-refractivity contribution is -0.140. The zero-order valence-corrected chi connectivity index (χ0v) is 14.5. The molecule has 1 aromatic rings. The first-order valence-electron chi connectivity index (χ1n) is 7.65. The smallest absolute Gasteiger partial charge is 0.302 e. The summed E-state index contributed by atoms with van der Waals surface area (Å²) in [6, 6.07) is 5.63. The maximum Gasteiger partial charge on any atom is 0.302 e. The molecule has 0 saturated heterocycles. The van der Waals surface area contributed by atoms with Crippen LogP contribution < -0.4 is 4.74 Å². The Labute approximate surface area is 141 Å². The molecule has 122 valence electrons. The molecule has 1 fully saturated rings. The maximum atomic E-state index is 10.8. The van der Waals surface area contributed by atoms with Gasteiger partial charge in [-0.1, -0.05) is 18.5 Å². The van der Waals surface area contributed by atoms with Gasteiger partial charge in [0.1, 0.15) is 5.75 Å². The van der Waals surface area contributed by atoms with Gasteiger partial charge in [0.15, 0.2) is 0 Å². The number of alkyl halides is 1. The summed E-state index contributed by atoms with van der Waals surface area (Å²) in [5, 5.41) is 0.886. The second kappa shape index (κ2) is 8.07. The van der Waals surface area contributed by atoms with E-state index in [9.17, 15) is 4.79 Å². The van der Waals surface area contributed by atoms with Gasteiger partial charge in [-0.25, -0.2) is 0 Å². The van der Waals surface area contributed by atoms with Crippen LogP contribution in [0, 0.1) is 11.8 Å². The van der Waals surface area contributed by atoms with E-state index in [1.165, 1.54) is 6.92 Å². The molecule has 0 spiro atoms. The molecule has 0 radical (unpaired) electrons. The van der Waals surface area contributed by atoms with Crippen LogP contribution in [0.15, 0.2) is 18.2 Å². The first kappa shape index (κ1) is 17.4. The maximum absolute atomic E-state index is 10.8. The lowest BCUT2D eigenvalue weighted by atomic mass is 9.99. The van der Waals surface area contributed by atoms with Crippen molar-refractivity contribution >= 4 is 29.2 Å². The Balaban J connectivity index is 1.90. The van der Waals surface area contributed by atoms with E-state index in [0.717, 1.165) is 24.2 Å². The van der Waals surface area contributed by atoms with Crippen LogP contribution in [-0.4, -0.2) is 24.6 Å². The summed E-state index contributed by atoms with van der Waals surface area (Å²) in [7, 11) is 0. The Kier molecular flexibility index (Phi) is 6.39. The molecule has 1 saturated carbocycles. The monoisotopic (exact) mass is 344 g/mol. The van der Waals surface area contributed by atoms with Crippen molar-refractivity contribution in [3.8, 4) is 5.75 Å². The Morgan fingerprint density at radius 2 is 2.09 bits per heavy atom.